The molecule has 1 fully saturated rings. The topological polar surface area (TPSA) is 68.0 Å². The molecule has 0 saturated heterocycles. The normalized spacial score (nSPS) is 17.4. The summed E-state index contributed by atoms with van der Waals surface area (Å²) in [5, 5.41) is 10.6. The maximum atomic E-state index is 11.8. The van der Waals surface area contributed by atoms with E-state index in [9.17, 15) is 4.79 Å². The molecule has 1 amide bonds. The Balaban J connectivity index is 1.94. The molecule has 5 nitrogen and oxygen atoms in total. The van der Waals surface area contributed by atoms with Gasteiger partial charge in [-0.3, -0.25) is 4.79 Å². The molecule has 94 valence electrons. The van der Waals surface area contributed by atoms with E-state index in [2.05, 4.69) is 15.5 Å². The van der Waals surface area contributed by atoms with Crippen LogP contribution in [0.15, 0.2) is 4.42 Å². The molecule has 0 atom stereocenters. The summed E-state index contributed by atoms with van der Waals surface area (Å²) in [6.45, 7) is 3.91. The van der Waals surface area contributed by atoms with Crippen molar-refractivity contribution in [1.29, 1.82) is 0 Å². The third-order valence-electron chi connectivity index (χ3n) is 3.07. The number of aromatic nitrogens is 2. The Morgan fingerprint density at radius 3 is 2.59 bits per heavy atom. The zero-order valence-corrected chi connectivity index (χ0v) is 10.4. The third kappa shape index (κ3) is 3.05. The van der Waals surface area contributed by atoms with Gasteiger partial charge in [-0.15, -0.1) is 10.2 Å². The van der Waals surface area contributed by atoms with E-state index in [-0.39, 0.29) is 23.8 Å². The molecular weight excluding hydrogens is 218 g/mol. The third-order valence-corrected chi connectivity index (χ3v) is 3.07. The molecule has 2 rings (SSSR count). The monoisotopic (exact) mass is 237 g/mol. The van der Waals surface area contributed by atoms with E-state index in [4.69, 9.17) is 4.42 Å². The van der Waals surface area contributed by atoms with E-state index in [1.54, 1.807) is 0 Å². The molecule has 0 aromatic carbocycles. The molecule has 5 heteroatoms. The van der Waals surface area contributed by atoms with E-state index in [0.29, 0.717) is 5.89 Å². The molecule has 1 N–H and O–H groups in total. The Morgan fingerprint density at radius 2 is 2.00 bits per heavy atom. The second kappa shape index (κ2) is 5.29. The van der Waals surface area contributed by atoms with Crippen molar-refractivity contribution >= 4 is 5.91 Å². The van der Waals surface area contributed by atoms with Crippen LogP contribution in [-0.2, 0) is 0 Å². The van der Waals surface area contributed by atoms with Gasteiger partial charge in [0.25, 0.3) is 0 Å². The van der Waals surface area contributed by atoms with Crippen LogP contribution >= 0.6 is 0 Å². The number of hydrogen-bond donors (Lipinski definition) is 1. The molecule has 1 aliphatic carbocycles. The lowest BCUT2D eigenvalue weighted by atomic mass is 9.95. The van der Waals surface area contributed by atoms with Crippen LogP contribution in [0, 0.1) is 0 Å². The zero-order chi connectivity index (χ0) is 12.3. The lowest BCUT2D eigenvalue weighted by molar-refractivity contribution is 0.0890. The highest BCUT2D eigenvalue weighted by atomic mass is 16.4. The SMILES string of the molecule is CC(C)c1nnc(C(=O)NC2CCCCC2)o1. The average molecular weight is 237 g/mol. The van der Waals surface area contributed by atoms with Crippen molar-refractivity contribution in [1.82, 2.24) is 15.5 Å². The molecule has 0 radical (unpaired) electrons. The summed E-state index contributed by atoms with van der Waals surface area (Å²) in [6.07, 6.45) is 5.75. The summed E-state index contributed by atoms with van der Waals surface area (Å²) < 4.78 is 5.31. The molecule has 1 aliphatic rings. The molecule has 1 saturated carbocycles. The van der Waals surface area contributed by atoms with Crippen molar-refractivity contribution < 1.29 is 9.21 Å². The van der Waals surface area contributed by atoms with Gasteiger partial charge in [-0.1, -0.05) is 33.1 Å². The van der Waals surface area contributed by atoms with Gasteiger partial charge in [0, 0.05) is 12.0 Å². The molecule has 1 heterocycles. The van der Waals surface area contributed by atoms with Crippen LogP contribution in [0.4, 0.5) is 0 Å². The van der Waals surface area contributed by atoms with E-state index in [1.807, 2.05) is 13.8 Å². The van der Waals surface area contributed by atoms with Gasteiger partial charge in [0.2, 0.25) is 5.89 Å². The minimum Gasteiger partial charge on any atom is -0.417 e. The summed E-state index contributed by atoms with van der Waals surface area (Å²) in [7, 11) is 0. The van der Waals surface area contributed by atoms with Crippen molar-refractivity contribution in [3.63, 3.8) is 0 Å². The minimum absolute atomic E-state index is 0.0827. The number of nitrogens with one attached hydrogen (secondary N) is 1. The van der Waals surface area contributed by atoms with Gasteiger partial charge in [-0.25, -0.2) is 0 Å². The number of hydrogen-bond acceptors (Lipinski definition) is 4. The highest BCUT2D eigenvalue weighted by Crippen LogP contribution is 2.18. The first-order chi connectivity index (χ1) is 8.16. The first-order valence-corrected chi connectivity index (χ1v) is 6.31. The largest absolute Gasteiger partial charge is 0.417 e. The second-order valence-corrected chi connectivity index (χ2v) is 4.91. The van der Waals surface area contributed by atoms with E-state index in [0.717, 1.165) is 12.8 Å². The van der Waals surface area contributed by atoms with Gasteiger partial charge in [-0.2, -0.15) is 0 Å². The van der Waals surface area contributed by atoms with E-state index in [1.165, 1.54) is 19.3 Å². The molecular formula is C12H19N3O2. The highest BCUT2D eigenvalue weighted by molar-refractivity contribution is 5.89. The number of carbonyl (C=O) groups excluding carboxylic acids is 1. The van der Waals surface area contributed by atoms with Crippen LogP contribution in [0.1, 0.15) is 68.4 Å². The van der Waals surface area contributed by atoms with Crippen LogP contribution < -0.4 is 5.32 Å². The first-order valence-electron chi connectivity index (χ1n) is 6.31. The van der Waals surface area contributed by atoms with Crippen molar-refractivity contribution in [2.75, 3.05) is 0 Å². The molecule has 0 unspecified atom stereocenters. The minimum atomic E-state index is -0.240. The Bertz CT molecular complexity index is 381. The first kappa shape index (κ1) is 12.1. The number of rotatable bonds is 3. The van der Waals surface area contributed by atoms with Crippen molar-refractivity contribution in [2.45, 2.75) is 57.9 Å². The zero-order valence-electron chi connectivity index (χ0n) is 10.4. The average Bonchev–Trinajstić information content (AvgIpc) is 2.79. The fraction of sp³-hybridized carbons (Fsp3) is 0.750. The van der Waals surface area contributed by atoms with Gasteiger partial charge in [0.05, 0.1) is 0 Å². The molecule has 0 aliphatic heterocycles. The van der Waals surface area contributed by atoms with Crippen LogP contribution in [0.25, 0.3) is 0 Å². The summed E-state index contributed by atoms with van der Waals surface area (Å²) in [6, 6.07) is 0.269. The van der Waals surface area contributed by atoms with E-state index < -0.39 is 0 Å². The lowest BCUT2D eigenvalue weighted by Crippen LogP contribution is -2.36. The van der Waals surface area contributed by atoms with Gasteiger partial charge in [0.1, 0.15) is 0 Å². The van der Waals surface area contributed by atoms with Gasteiger partial charge >= 0.3 is 11.8 Å². The summed E-state index contributed by atoms with van der Waals surface area (Å²) in [4.78, 5) is 11.8. The lowest BCUT2D eigenvalue weighted by Gasteiger charge is -2.21. The quantitative estimate of drug-likeness (QED) is 0.875. The molecule has 17 heavy (non-hydrogen) atoms. The maximum absolute atomic E-state index is 11.8. The predicted octanol–water partition coefficient (Wildman–Crippen LogP) is 2.26. The van der Waals surface area contributed by atoms with E-state index >= 15 is 0 Å². The molecule has 0 spiro atoms. The maximum Gasteiger partial charge on any atom is 0.309 e. The van der Waals surface area contributed by atoms with Gasteiger partial charge in [0.15, 0.2) is 0 Å². The van der Waals surface area contributed by atoms with Crippen molar-refractivity contribution in [2.24, 2.45) is 0 Å². The summed E-state index contributed by atoms with van der Waals surface area (Å²) in [5.41, 5.74) is 0. The van der Waals surface area contributed by atoms with Crippen molar-refractivity contribution in [3.05, 3.63) is 11.8 Å². The molecule has 1 aromatic rings. The summed E-state index contributed by atoms with van der Waals surface area (Å²) >= 11 is 0. The second-order valence-electron chi connectivity index (χ2n) is 4.91. The van der Waals surface area contributed by atoms with Crippen LogP contribution in [0.3, 0.4) is 0 Å². The van der Waals surface area contributed by atoms with Gasteiger partial charge in [-0.05, 0) is 12.8 Å². The Kier molecular flexibility index (Phi) is 3.76. The van der Waals surface area contributed by atoms with Crippen LogP contribution in [0.5, 0.6) is 0 Å². The smallest absolute Gasteiger partial charge is 0.309 e. The number of carbonyl (C=O) groups is 1. The molecule has 1 aromatic heterocycles. The Labute approximate surface area is 101 Å². The standard InChI is InChI=1S/C12H19N3O2/c1-8(2)11-14-15-12(17-11)10(16)13-9-6-4-3-5-7-9/h8-9H,3-7H2,1-2H3,(H,13,16). The Morgan fingerprint density at radius 1 is 1.29 bits per heavy atom. The summed E-state index contributed by atoms with van der Waals surface area (Å²) in [5.74, 6) is 0.507. The number of nitrogens with zero attached hydrogens (tertiary/aromatic N) is 2. The van der Waals surface area contributed by atoms with Crippen molar-refractivity contribution in [3.8, 4) is 0 Å². The van der Waals surface area contributed by atoms with Gasteiger partial charge < -0.3 is 9.73 Å². The Hall–Kier alpha value is -1.39. The highest BCUT2D eigenvalue weighted by Gasteiger charge is 2.21. The van der Waals surface area contributed by atoms with Crippen LogP contribution in [0.2, 0.25) is 0 Å². The fourth-order valence-electron chi connectivity index (χ4n) is 2.05. The molecule has 0 bridgehead atoms. The predicted molar refractivity (Wildman–Crippen MR) is 62.7 cm³/mol. The fourth-order valence-corrected chi connectivity index (χ4v) is 2.05. The number of amides is 1. The van der Waals surface area contributed by atoms with Crippen LogP contribution in [-0.4, -0.2) is 22.1 Å².